The minimum absolute atomic E-state index is 0.171. The molecule has 3 amide bonds. The summed E-state index contributed by atoms with van der Waals surface area (Å²) < 4.78 is 45.6. The molecule has 0 saturated carbocycles. The SMILES string of the molecule is O=C(OCC(=O)N1CCNC1=O)c1ccc(F)c(S(=O)(=O)N2CCCCC2)c1. The number of carbonyl (C=O) groups is 3. The molecule has 0 bridgehead atoms. The molecular weight excluding hydrogens is 393 g/mol. The van der Waals surface area contributed by atoms with Gasteiger partial charge in [0.15, 0.2) is 6.61 Å². The highest BCUT2D eigenvalue weighted by molar-refractivity contribution is 7.89. The number of urea groups is 1. The van der Waals surface area contributed by atoms with Crippen molar-refractivity contribution in [1.29, 1.82) is 0 Å². The zero-order chi connectivity index (χ0) is 20.3. The van der Waals surface area contributed by atoms with Gasteiger partial charge in [0, 0.05) is 26.2 Å². The average Bonchev–Trinajstić information content (AvgIpc) is 3.12. The van der Waals surface area contributed by atoms with E-state index >= 15 is 0 Å². The lowest BCUT2D eigenvalue weighted by molar-refractivity contribution is -0.130. The second-order valence-corrected chi connectivity index (χ2v) is 8.37. The molecule has 0 unspecified atom stereocenters. The first kappa shape index (κ1) is 20.2. The summed E-state index contributed by atoms with van der Waals surface area (Å²) in [4.78, 5) is 35.8. The molecule has 2 saturated heterocycles. The van der Waals surface area contributed by atoms with E-state index in [1.807, 2.05) is 0 Å². The van der Waals surface area contributed by atoms with Crippen LogP contribution in [0.2, 0.25) is 0 Å². The first-order valence-electron chi connectivity index (χ1n) is 8.86. The van der Waals surface area contributed by atoms with E-state index in [0.717, 1.165) is 29.5 Å². The summed E-state index contributed by atoms with van der Waals surface area (Å²) >= 11 is 0. The number of esters is 1. The van der Waals surface area contributed by atoms with Crippen molar-refractivity contribution < 1.29 is 31.9 Å². The van der Waals surface area contributed by atoms with Crippen LogP contribution in [-0.2, 0) is 19.6 Å². The van der Waals surface area contributed by atoms with E-state index in [1.54, 1.807) is 0 Å². The van der Waals surface area contributed by atoms with Crippen molar-refractivity contribution in [1.82, 2.24) is 14.5 Å². The highest BCUT2D eigenvalue weighted by Gasteiger charge is 2.30. The number of hydrogen-bond acceptors (Lipinski definition) is 6. The molecule has 2 fully saturated rings. The molecule has 0 atom stereocenters. The summed E-state index contributed by atoms with van der Waals surface area (Å²) in [5, 5.41) is 2.44. The van der Waals surface area contributed by atoms with Crippen molar-refractivity contribution in [3.63, 3.8) is 0 Å². The molecule has 1 aromatic rings. The monoisotopic (exact) mass is 413 g/mol. The molecule has 0 aliphatic carbocycles. The topological polar surface area (TPSA) is 113 Å². The lowest BCUT2D eigenvalue weighted by atomic mass is 10.2. The molecule has 28 heavy (non-hydrogen) atoms. The largest absolute Gasteiger partial charge is 0.452 e. The number of hydrogen-bond donors (Lipinski definition) is 1. The van der Waals surface area contributed by atoms with Crippen molar-refractivity contribution >= 4 is 27.9 Å². The number of imide groups is 1. The second kappa shape index (κ2) is 8.23. The number of amides is 3. The minimum atomic E-state index is -4.08. The lowest BCUT2D eigenvalue weighted by Gasteiger charge is -2.26. The molecule has 0 aromatic heterocycles. The number of rotatable bonds is 5. The number of nitrogens with zero attached hydrogens (tertiary/aromatic N) is 2. The fourth-order valence-corrected chi connectivity index (χ4v) is 4.68. The third kappa shape index (κ3) is 4.14. The van der Waals surface area contributed by atoms with Crippen molar-refractivity contribution in [2.45, 2.75) is 24.2 Å². The van der Waals surface area contributed by atoms with Gasteiger partial charge in [-0.15, -0.1) is 0 Å². The number of piperidine rings is 1. The van der Waals surface area contributed by atoms with Gasteiger partial charge in [-0.3, -0.25) is 9.69 Å². The number of benzene rings is 1. The van der Waals surface area contributed by atoms with Crippen LogP contribution in [0.25, 0.3) is 0 Å². The number of halogens is 1. The summed E-state index contributed by atoms with van der Waals surface area (Å²) in [7, 11) is -4.08. The van der Waals surface area contributed by atoms with Gasteiger partial charge in [-0.05, 0) is 31.0 Å². The van der Waals surface area contributed by atoms with E-state index in [-0.39, 0.29) is 12.1 Å². The van der Waals surface area contributed by atoms with Gasteiger partial charge in [-0.1, -0.05) is 6.42 Å². The standard InChI is InChI=1S/C17H20FN3O6S/c18-13-5-4-12(10-14(13)28(25,26)20-7-2-1-3-8-20)16(23)27-11-15(22)21-9-6-19-17(21)24/h4-5,10H,1-3,6-9,11H2,(H,19,24). The molecule has 152 valence electrons. The van der Waals surface area contributed by atoms with E-state index in [1.165, 1.54) is 4.31 Å². The summed E-state index contributed by atoms with van der Waals surface area (Å²) in [6.07, 6.45) is 2.29. The van der Waals surface area contributed by atoms with Crippen LogP contribution in [0.5, 0.6) is 0 Å². The van der Waals surface area contributed by atoms with Gasteiger partial charge in [0.2, 0.25) is 10.0 Å². The maximum absolute atomic E-state index is 14.2. The molecule has 1 N–H and O–H groups in total. The Bertz CT molecular complexity index is 898. The van der Waals surface area contributed by atoms with Crippen molar-refractivity contribution in [3.05, 3.63) is 29.6 Å². The number of nitrogens with one attached hydrogen (secondary N) is 1. The summed E-state index contributed by atoms with van der Waals surface area (Å²) in [5.41, 5.74) is -0.198. The number of sulfonamides is 1. The molecule has 2 aliphatic rings. The zero-order valence-electron chi connectivity index (χ0n) is 15.0. The Morgan fingerprint density at radius 2 is 1.86 bits per heavy atom. The predicted octanol–water partition coefficient (Wildman–Crippen LogP) is 0.709. The maximum Gasteiger partial charge on any atom is 0.338 e. The summed E-state index contributed by atoms with van der Waals surface area (Å²) in [6, 6.07) is 2.30. The summed E-state index contributed by atoms with van der Waals surface area (Å²) in [5.74, 6) is -2.65. The maximum atomic E-state index is 14.2. The molecule has 2 aliphatic heterocycles. The molecule has 2 heterocycles. The first-order valence-corrected chi connectivity index (χ1v) is 10.3. The Hall–Kier alpha value is -2.53. The predicted molar refractivity (Wildman–Crippen MR) is 94.4 cm³/mol. The fraction of sp³-hybridized carbons (Fsp3) is 0.471. The average molecular weight is 413 g/mol. The van der Waals surface area contributed by atoms with Gasteiger partial charge in [-0.2, -0.15) is 4.31 Å². The van der Waals surface area contributed by atoms with Crippen LogP contribution in [0.1, 0.15) is 29.6 Å². The van der Waals surface area contributed by atoms with Gasteiger partial charge in [0.25, 0.3) is 5.91 Å². The van der Waals surface area contributed by atoms with E-state index in [2.05, 4.69) is 5.32 Å². The van der Waals surface area contributed by atoms with Crippen LogP contribution < -0.4 is 5.32 Å². The summed E-state index contributed by atoms with van der Waals surface area (Å²) in [6.45, 7) is 0.391. The van der Waals surface area contributed by atoms with Gasteiger partial charge in [-0.25, -0.2) is 22.4 Å². The molecular formula is C17H20FN3O6S. The van der Waals surface area contributed by atoms with Crippen LogP contribution in [0.4, 0.5) is 9.18 Å². The number of carbonyl (C=O) groups excluding carboxylic acids is 3. The Kier molecular flexibility index (Phi) is 5.94. The molecule has 11 heteroatoms. The smallest absolute Gasteiger partial charge is 0.338 e. The van der Waals surface area contributed by atoms with Crippen molar-refractivity contribution in [2.24, 2.45) is 0 Å². The third-order valence-corrected chi connectivity index (χ3v) is 6.50. The van der Waals surface area contributed by atoms with Gasteiger partial charge in [0.05, 0.1) is 5.56 Å². The van der Waals surface area contributed by atoms with Crippen molar-refractivity contribution in [3.8, 4) is 0 Å². The molecule has 1 aromatic carbocycles. The molecule has 3 rings (SSSR count). The van der Waals surface area contributed by atoms with Crippen LogP contribution in [0, 0.1) is 5.82 Å². The highest BCUT2D eigenvalue weighted by atomic mass is 32.2. The third-order valence-electron chi connectivity index (χ3n) is 4.58. The van der Waals surface area contributed by atoms with Gasteiger partial charge in [0.1, 0.15) is 10.7 Å². The molecule has 0 spiro atoms. The van der Waals surface area contributed by atoms with Gasteiger partial charge >= 0.3 is 12.0 Å². The van der Waals surface area contributed by atoms with Crippen LogP contribution >= 0.6 is 0 Å². The normalized spacial score (nSPS) is 18.0. The van der Waals surface area contributed by atoms with Crippen LogP contribution in [0.3, 0.4) is 0 Å². The van der Waals surface area contributed by atoms with E-state index in [9.17, 15) is 27.2 Å². The van der Waals surface area contributed by atoms with Crippen LogP contribution in [-0.4, -0.2) is 68.3 Å². The zero-order valence-corrected chi connectivity index (χ0v) is 15.8. The Balaban J connectivity index is 1.72. The lowest BCUT2D eigenvalue weighted by Crippen LogP contribution is -2.37. The van der Waals surface area contributed by atoms with Crippen molar-refractivity contribution in [2.75, 3.05) is 32.8 Å². The number of ether oxygens (including phenoxy) is 1. The second-order valence-electron chi connectivity index (χ2n) is 6.46. The van der Waals surface area contributed by atoms with E-state index < -0.39 is 45.3 Å². The van der Waals surface area contributed by atoms with Gasteiger partial charge < -0.3 is 10.1 Å². The fourth-order valence-electron chi connectivity index (χ4n) is 3.07. The van der Waals surface area contributed by atoms with E-state index in [0.29, 0.717) is 32.5 Å². The molecule has 9 nitrogen and oxygen atoms in total. The quantitative estimate of drug-likeness (QED) is 0.712. The van der Waals surface area contributed by atoms with Crippen LogP contribution in [0.15, 0.2) is 23.1 Å². The minimum Gasteiger partial charge on any atom is -0.452 e. The van der Waals surface area contributed by atoms with E-state index in [4.69, 9.17) is 4.74 Å². The Labute approximate surface area is 161 Å². The molecule has 0 radical (unpaired) electrons. The first-order chi connectivity index (χ1) is 13.3. The Morgan fingerprint density at radius 1 is 1.14 bits per heavy atom. The Morgan fingerprint density at radius 3 is 2.50 bits per heavy atom. The highest BCUT2D eigenvalue weighted by Crippen LogP contribution is 2.24.